The van der Waals surface area contributed by atoms with Gasteiger partial charge in [-0.3, -0.25) is 0 Å². The van der Waals surface area contributed by atoms with Gasteiger partial charge in [0.2, 0.25) is 0 Å². The monoisotopic (exact) mass is 143 g/mol. The Bertz CT molecular complexity index is 6.00. The van der Waals surface area contributed by atoms with Crippen molar-refractivity contribution in [3.8, 4) is 0 Å². The molecule has 0 aromatic carbocycles. The number of halogens is 2. The molecule has 0 aliphatic carbocycles. The Labute approximate surface area is 60.6 Å². The molecule has 0 amide bonds. The molecule has 0 aliphatic heterocycles. The molecule has 0 atom stereocenters. The van der Waals surface area contributed by atoms with E-state index in [-0.39, 0.29) is 60.7 Å². The molecule has 4 heteroatoms. The zero-order chi connectivity index (χ0) is 0. The zero-order valence-corrected chi connectivity index (χ0v) is 3.69. The van der Waals surface area contributed by atoms with Crippen LogP contribution in [0.5, 0.6) is 0 Å². The first-order valence-electron chi connectivity index (χ1n) is 0. The fourth-order valence-electron chi connectivity index (χ4n) is 0. The standard InChI is InChI=1S/2ClH.Cu.Li.H/h2*1H;;;. The molecule has 0 nitrogen and oxygen atoms in total. The van der Waals surface area contributed by atoms with Crippen LogP contribution in [0.4, 0.5) is 0 Å². The number of hydrogen-bond donors (Lipinski definition) is 0. The van der Waals surface area contributed by atoms with Crippen LogP contribution in [0.25, 0.3) is 0 Å². The summed E-state index contributed by atoms with van der Waals surface area (Å²) < 4.78 is 0. The van der Waals surface area contributed by atoms with E-state index in [1.807, 2.05) is 0 Å². The average Bonchev–Trinajstić information content (AvgIpc) is 0. The first-order valence-corrected chi connectivity index (χ1v) is 0. The van der Waals surface area contributed by atoms with E-state index in [1.165, 1.54) is 0 Å². The minimum absolute atomic E-state index is 0. The van der Waals surface area contributed by atoms with Crippen molar-refractivity contribution in [2.24, 2.45) is 0 Å². The van der Waals surface area contributed by atoms with Gasteiger partial charge in [-0.15, -0.1) is 24.8 Å². The summed E-state index contributed by atoms with van der Waals surface area (Å²) in [5, 5.41) is 0. The molecule has 0 heterocycles. The Balaban J connectivity index is 0. The summed E-state index contributed by atoms with van der Waals surface area (Å²) in [6.45, 7) is 0. The van der Waals surface area contributed by atoms with Gasteiger partial charge in [0.25, 0.3) is 0 Å². The van der Waals surface area contributed by atoms with E-state index >= 15 is 0 Å². The van der Waals surface area contributed by atoms with Gasteiger partial charge in [0.1, 0.15) is 0 Å². The Kier molecular flexibility index (Phi) is 243. The fraction of sp³-hybridized carbons (Fsp3) is 0. The van der Waals surface area contributed by atoms with Crippen molar-refractivity contribution < 1.29 is 17.1 Å². The van der Waals surface area contributed by atoms with Crippen LogP contribution >= 0.6 is 24.8 Å². The van der Waals surface area contributed by atoms with Crippen molar-refractivity contribution in [1.29, 1.82) is 0 Å². The third kappa shape index (κ3) is 9.34. The van der Waals surface area contributed by atoms with Gasteiger partial charge >= 0.3 is 18.9 Å². The second kappa shape index (κ2) is 22.3. The molecule has 0 aliphatic rings. The van der Waals surface area contributed by atoms with Gasteiger partial charge in [-0.2, -0.15) is 0 Å². The molecule has 1 radical (unpaired) electrons. The van der Waals surface area contributed by atoms with Gasteiger partial charge in [-0.1, -0.05) is 0 Å². The molecule has 0 spiro atoms. The van der Waals surface area contributed by atoms with Crippen LogP contribution < -0.4 is 0 Å². The van der Waals surface area contributed by atoms with E-state index in [9.17, 15) is 0 Å². The summed E-state index contributed by atoms with van der Waals surface area (Å²) in [7, 11) is 0. The van der Waals surface area contributed by atoms with Crippen molar-refractivity contribution in [2.45, 2.75) is 0 Å². The van der Waals surface area contributed by atoms with Crippen LogP contribution in [0.15, 0.2) is 0 Å². The van der Waals surface area contributed by atoms with Gasteiger partial charge in [0.15, 0.2) is 0 Å². The third-order valence-electron chi connectivity index (χ3n) is 0. The van der Waals surface area contributed by atoms with E-state index in [4.69, 9.17) is 0 Å². The van der Waals surface area contributed by atoms with Crippen molar-refractivity contribution in [2.75, 3.05) is 0 Å². The van der Waals surface area contributed by atoms with Gasteiger partial charge in [0.05, 0.1) is 0 Å². The molecule has 0 aromatic rings. The Morgan fingerprint density at radius 3 is 0.750 bits per heavy atom. The van der Waals surface area contributed by atoms with Gasteiger partial charge in [-0.25, -0.2) is 0 Å². The summed E-state index contributed by atoms with van der Waals surface area (Å²) >= 11 is 0. The molecule has 29 valence electrons. The summed E-state index contributed by atoms with van der Waals surface area (Å²) in [5.41, 5.74) is 0. The number of rotatable bonds is 0. The topological polar surface area (TPSA) is 0 Å². The average molecular weight is 144 g/mol. The van der Waals surface area contributed by atoms with Gasteiger partial charge in [0, 0.05) is 17.1 Å². The van der Waals surface area contributed by atoms with Crippen molar-refractivity contribution in [3.63, 3.8) is 0 Å². The second-order valence-corrected chi connectivity index (χ2v) is 0. The molecule has 4 heavy (non-hydrogen) atoms. The van der Waals surface area contributed by atoms with Gasteiger partial charge < -0.3 is 0 Å². The summed E-state index contributed by atoms with van der Waals surface area (Å²) in [6.07, 6.45) is 0. The maximum absolute atomic E-state index is 0. The summed E-state index contributed by atoms with van der Waals surface area (Å²) in [6, 6.07) is 0. The van der Waals surface area contributed by atoms with Crippen LogP contribution in [0.3, 0.4) is 0 Å². The maximum atomic E-state index is 0. The van der Waals surface area contributed by atoms with E-state index < -0.39 is 0 Å². The summed E-state index contributed by atoms with van der Waals surface area (Å²) in [4.78, 5) is 0. The fourth-order valence-corrected chi connectivity index (χ4v) is 0. The number of hydrogen-bond acceptors (Lipinski definition) is 0. The normalized spacial score (nSPS) is 0. The van der Waals surface area contributed by atoms with E-state index in [2.05, 4.69) is 0 Å². The van der Waals surface area contributed by atoms with Crippen LogP contribution in [0.2, 0.25) is 0 Å². The molecular formula is H3Cl2CuLi. The molecule has 0 saturated heterocycles. The molecule has 0 fully saturated rings. The predicted octanol–water partition coefficient (Wildman–Crippen LogP) is 0.193. The van der Waals surface area contributed by atoms with E-state index in [0.29, 0.717) is 0 Å². The Hall–Kier alpha value is 1.70. The Morgan fingerprint density at radius 2 is 0.750 bits per heavy atom. The molecule has 0 unspecified atom stereocenters. The van der Waals surface area contributed by atoms with Crippen LogP contribution in [0.1, 0.15) is 0 Å². The third-order valence-corrected chi connectivity index (χ3v) is 0. The molecule has 0 rings (SSSR count). The Morgan fingerprint density at radius 1 is 0.750 bits per heavy atom. The van der Waals surface area contributed by atoms with Crippen LogP contribution in [-0.2, 0) is 17.1 Å². The molecule has 0 aromatic heterocycles. The molecule has 0 saturated carbocycles. The first kappa shape index (κ1) is 43.6. The summed E-state index contributed by atoms with van der Waals surface area (Å²) in [5.74, 6) is 0. The molecular weight excluding hydrogens is 141 g/mol. The molecule has 0 N–H and O–H groups in total. The van der Waals surface area contributed by atoms with E-state index in [0.717, 1.165) is 0 Å². The second-order valence-electron chi connectivity index (χ2n) is 0. The van der Waals surface area contributed by atoms with Crippen molar-refractivity contribution in [1.82, 2.24) is 0 Å². The molecule has 0 bridgehead atoms. The SMILES string of the molecule is Cl.Cl.[Cu].[LiH]. The van der Waals surface area contributed by atoms with Crippen LogP contribution in [-0.4, -0.2) is 18.9 Å². The van der Waals surface area contributed by atoms with Crippen molar-refractivity contribution in [3.05, 3.63) is 0 Å². The van der Waals surface area contributed by atoms with Crippen LogP contribution in [0, 0.1) is 0 Å². The first-order chi connectivity index (χ1) is 0. The van der Waals surface area contributed by atoms with Crippen molar-refractivity contribution >= 4 is 43.7 Å². The minimum atomic E-state index is 0. The zero-order valence-electron chi connectivity index (χ0n) is 1.12. The van der Waals surface area contributed by atoms with E-state index in [1.54, 1.807) is 0 Å². The predicted molar refractivity (Wildman–Crippen MR) is 21.6 cm³/mol. The quantitative estimate of drug-likeness (QED) is 0.426. The van der Waals surface area contributed by atoms with Gasteiger partial charge in [-0.05, 0) is 0 Å².